The number of hydrogen-bond donors (Lipinski definition) is 4. The Hall–Kier alpha value is -2.69. The Kier molecular flexibility index (Phi) is 10.6. The van der Waals surface area contributed by atoms with Crippen LogP contribution < -0.4 is 16.0 Å². The van der Waals surface area contributed by atoms with Gasteiger partial charge in [0.1, 0.15) is 24.2 Å². The lowest BCUT2D eigenvalue weighted by atomic mass is 9.73. The zero-order valence-electron chi connectivity index (χ0n) is 32.2. The van der Waals surface area contributed by atoms with Crippen molar-refractivity contribution in [3.63, 3.8) is 0 Å². The number of aliphatic carboxylic acids is 1. The summed E-state index contributed by atoms with van der Waals surface area (Å²) < 4.78 is 0. The van der Waals surface area contributed by atoms with Crippen molar-refractivity contribution in [3.05, 3.63) is 0 Å². The predicted molar refractivity (Wildman–Crippen MR) is 194 cm³/mol. The van der Waals surface area contributed by atoms with E-state index in [9.17, 15) is 24.3 Å². The molecule has 2 heterocycles. The summed E-state index contributed by atoms with van der Waals surface area (Å²) in [6.07, 6.45) is 13.4. The van der Waals surface area contributed by atoms with Crippen LogP contribution in [0.5, 0.6) is 0 Å². The molecule has 11 nitrogen and oxygen atoms in total. The first-order valence-electron chi connectivity index (χ1n) is 20.3. The van der Waals surface area contributed by atoms with Crippen molar-refractivity contribution in [1.82, 2.24) is 25.8 Å². The molecule has 0 radical (unpaired) electrons. The average Bonchev–Trinajstić information content (AvgIpc) is 3.93. The topological polar surface area (TPSA) is 148 Å². The van der Waals surface area contributed by atoms with Crippen molar-refractivity contribution in [1.29, 1.82) is 0 Å². The monoisotopic (exact) mass is 711 g/mol. The molecule has 286 valence electrons. The number of carboxylic acids is 1. The highest BCUT2D eigenvalue weighted by atomic mass is 16.4. The number of hydrogen-bond acceptors (Lipinski definition) is 6. The number of carbonyl (C=O) groups is 5. The van der Waals surface area contributed by atoms with Gasteiger partial charge in [-0.2, -0.15) is 0 Å². The fourth-order valence-corrected chi connectivity index (χ4v) is 11.1. The zero-order chi connectivity index (χ0) is 36.9. The first kappa shape index (κ1) is 38.0. The van der Waals surface area contributed by atoms with Gasteiger partial charge in [-0.05, 0) is 92.9 Å². The first-order chi connectivity index (χ1) is 24.1. The molecule has 6 fully saturated rings. The third-order valence-corrected chi connectivity index (χ3v) is 14.6. The normalized spacial score (nSPS) is 30.6. The number of carboxylic acid groups (broad SMARTS) is 1. The van der Waals surface area contributed by atoms with Crippen LogP contribution in [-0.2, 0) is 24.0 Å². The summed E-state index contributed by atoms with van der Waals surface area (Å²) in [6, 6.07) is -2.92. The Morgan fingerprint density at radius 1 is 0.843 bits per heavy atom. The third-order valence-electron chi connectivity index (χ3n) is 14.6. The maximum atomic E-state index is 15.1. The number of fused-ring (bicyclic) bond motifs is 1. The highest BCUT2D eigenvalue weighted by molar-refractivity contribution is 5.96. The maximum Gasteiger partial charge on any atom is 0.326 e. The van der Waals surface area contributed by atoms with E-state index in [0.717, 1.165) is 77.3 Å². The number of amides is 4. The average molecular weight is 712 g/mol. The lowest BCUT2D eigenvalue weighted by Gasteiger charge is -2.38. The number of likely N-dealkylation sites (tertiary alicyclic amines) is 2. The summed E-state index contributed by atoms with van der Waals surface area (Å²) in [5.41, 5.74) is -0.815. The fourth-order valence-electron chi connectivity index (χ4n) is 11.1. The smallest absolute Gasteiger partial charge is 0.326 e. The molecule has 0 aromatic heterocycles. The summed E-state index contributed by atoms with van der Waals surface area (Å²) in [7, 11) is 0. The summed E-state index contributed by atoms with van der Waals surface area (Å²) in [5.74, 6) is -2.46. The lowest BCUT2D eigenvalue weighted by Crippen LogP contribution is -2.62. The van der Waals surface area contributed by atoms with Crippen LogP contribution in [0, 0.1) is 33.5 Å². The Balaban J connectivity index is 1.25. The quantitative estimate of drug-likeness (QED) is 0.231. The van der Waals surface area contributed by atoms with Crippen molar-refractivity contribution in [2.24, 2.45) is 33.5 Å². The van der Waals surface area contributed by atoms with Crippen molar-refractivity contribution < 1.29 is 29.1 Å². The molecule has 1 unspecified atom stereocenters. The van der Waals surface area contributed by atoms with Crippen LogP contribution >= 0.6 is 0 Å². The van der Waals surface area contributed by atoms with Gasteiger partial charge in [0, 0.05) is 24.5 Å². The van der Waals surface area contributed by atoms with Crippen LogP contribution in [0.15, 0.2) is 0 Å². The van der Waals surface area contributed by atoms with Gasteiger partial charge in [0.25, 0.3) is 0 Å². The van der Waals surface area contributed by atoms with E-state index in [4.69, 9.17) is 0 Å². The highest BCUT2D eigenvalue weighted by Gasteiger charge is 2.85. The minimum atomic E-state index is -1.07. The molecule has 4 N–H and O–H groups in total. The van der Waals surface area contributed by atoms with Gasteiger partial charge in [-0.25, -0.2) is 4.79 Å². The van der Waals surface area contributed by atoms with Crippen LogP contribution in [0.4, 0.5) is 0 Å². The molecule has 0 aromatic carbocycles. The van der Waals surface area contributed by atoms with Crippen molar-refractivity contribution in [2.45, 2.75) is 168 Å². The van der Waals surface area contributed by atoms with E-state index in [1.807, 2.05) is 27.7 Å². The molecule has 6 rings (SSSR count). The van der Waals surface area contributed by atoms with Gasteiger partial charge >= 0.3 is 5.97 Å². The third kappa shape index (κ3) is 6.94. The van der Waals surface area contributed by atoms with E-state index in [1.165, 1.54) is 12.8 Å². The van der Waals surface area contributed by atoms with Gasteiger partial charge in [0.15, 0.2) is 0 Å². The van der Waals surface area contributed by atoms with Gasteiger partial charge in [0.2, 0.25) is 23.6 Å². The molecule has 6 aliphatic rings. The van der Waals surface area contributed by atoms with Crippen molar-refractivity contribution in [2.75, 3.05) is 19.6 Å². The SMILES string of the molecule is CCC[C@@H](NC(=O)[C@@H]1CC2(CN1C(=O)[C@H](NC(=O)[C@@H](NC(=O)[C@H]1CCCN(C3CC3)C1)C(C)(C)C)C1CCCCC1)C(C)(C)C21CCC1)C(=O)O. The molecule has 4 amide bonds. The molecular weight excluding hydrogens is 646 g/mol. The van der Waals surface area contributed by atoms with Gasteiger partial charge in [0.05, 0.1) is 5.92 Å². The predicted octanol–water partition coefficient (Wildman–Crippen LogP) is 4.62. The molecule has 51 heavy (non-hydrogen) atoms. The first-order valence-corrected chi connectivity index (χ1v) is 20.3. The van der Waals surface area contributed by atoms with Gasteiger partial charge in [-0.3, -0.25) is 24.1 Å². The Morgan fingerprint density at radius 3 is 2.08 bits per heavy atom. The molecule has 4 saturated carbocycles. The van der Waals surface area contributed by atoms with Crippen molar-refractivity contribution in [3.8, 4) is 0 Å². The summed E-state index contributed by atoms with van der Waals surface area (Å²) in [5, 5.41) is 19.0. The number of nitrogens with zero attached hydrogens (tertiary/aromatic N) is 2. The van der Waals surface area contributed by atoms with Crippen LogP contribution in [0.3, 0.4) is 0 Å². The van der Waals surface area contributed by atoms with Gasteiger partial charge in [-0.15, -0.1) is 0 Å². The van der Waals surface area contributed by atoms with Crippen LogP contribution in [0.25, 0.3) is 0 Å². The number of rotatable bonds is 12. The largest absolute Gasteiger partial charge is 0.480 e. The van der Waals surface area contributed by atoms with E-state index in [1.54, 1.807) is 4.90 Å². The van der Waals surface area contributed by atoms with E-state index < -0.39 is 41.5 Å². The standard InChI is InChI=1S/C40H65N5O6/c1-7-13-28(36(50)51)41-33(47)29-22-40(38(5,6)39(40)19-12-20-39)24-45(29)35(49)30(25-14-9-8-10-15-25)42-34(48)31(37(2,3)4)43-32(46)26-16-11-21-44(23-26)27-17-18-27/h25-31H,7-24H2,1-6H3,(H,41,47)(H,42,48)(H,43,46)(H,50,51)/t26-,28+,29-,30+,31+,40?/m0/s1. The fraction of sp³-hybridized carbons (Fsp3) is 0.875. The van der Waals surface area contributed by atoms with Crippen LogP contribution in [-0.4, -0.2) is 94.3 Å². The Morgan fingerprint density at radius 2 is 1.53 bits per heavy atom. The molecule has 2 spiro atoms. The Labute approximate surface area is 305 Å². The minimum absolute atomic E-state index is 0.0547. The molecule has 0 bridgehead atoms. The van der Waals surface area contributed by atoms with Gasteiger partial charge < -0.3 is 26.0 Å². The summed E-state index contributed by atoms with van der Waals surface area (Å²) in [4.78, 5) is 73.5. The molecule has 6 atom stereocenters. The van der Waals surface area contributed by atoms with E-state index in [2.05, 4.69) is 34.7 Å². The second kappa shape index (κ2) is 14.3. The van der Waals surface area contributed by atoms with Crippen LogP contribution in [0.1, 0.15) is 138 Å². The van der Waals surface area contributed by atoms with E-state index in [-0.39, 0.29) is 45.8 Å². The zero-order valence-corrected chi connectivity index (χ0v) is 32.2. The second-order valence-corrected chi connectivity index (χ2v) is 18.8. The Bertz CT molecular complexity index is 1360. The molecule has 2 saturated heterocycles. The molecule has 11 heteroatoms. The second-order valence-electron chi connectivity index (χ2n) is 18.8. The molecule has 0 aromatic rings. The minimum Gasteiger partial charge on any atom is -0.480 e. The number of piperidine rings is 1. The van der Waals surface area contributed by atoms with E-state index in [0.29, 0.717) is 31.8 Å². The summed E-state index contributed by atoms with van der Waals surface area (Å²) in [6.45, 7) is 14.4. The molecule has 4 aliphatic carbocycles. The molecule has 2 aliphatic heterocycles. The maximum absolute atomic E-state index is 15.1. The van der Waals surface area contributed by atoms with Gasteiger partial charge in [-0.1, -0.05) is 73.6 Å². The summed E-state index contributed by atoms with van der Waals surface area (Å²) >= 11 is 0. The lowest BCUT2D eigenvalue weighted by molar-refractivity contribution is -0.146. The number of carbonyl (C=O) groups excluding carboxylic acids is 4. The van der Waals surface area contributed by atoms with Crippen molar-refractivity contribution >= 4 is 29.6 Å². The number of nitrogens with one attached hydrogen (secondary N) is 3. The van der Waals surface area contributed by atoms with E-state index >= 15 is 4.79 Å². The van der Waals surface area contributed by atoms with Crippen LogP contribution in [0.2, 0.25) is 0 Å². The molecular formula is C40H65N5O6. The highest BCUT2D eigenvalue weighted by Crippen LogP contribution is 2.88.